The average Bonchev–Trinajstić information content (AvgIpc) is 2.04. The van der Waals surface area contributed by atoms with Gasteiger partial charge in [-0.05, 0) is 36.5 Å². The van der Waals surface area contributed by atoms with Crippen molar-refractivity contribution in [2.75, 3.05) is 0 Å². The highest BCUT2D eigenvalue weighted by molar-refractivity contribution is 4.90. The van der Waals surface area contributed by atoms with E-state index >= 15 is 0 Å². The highest BCUT2D eigenvalue weighted by atomic mass is 14.4. The molecule has 0 bridgehead atoms. The van der Waals surface area contributed by atoms with Gasteiger partial charge < -0.3 is 0 Å². The van der Waals surface area contributed by atoms with Crippen LogP contribution in [0.2, 0.25) is 0 Å². The van der Waals surface area contributed by atoms with E-state index in [1.165, 1.54) is 25.7 Å². The molecule has 0 aliphatic heterocycles. The van der Waals surface area contributed by atoms with Gasteiger partial charge in [0, 0.05) is 0 Å². The molecule has 0 spiro atoms. The minimum absolute atomic E-state index is 0.726. The number of hydrogen-bond donors (Lipinski definition) is 0. The van der Waals surface area contributed by atoms with E-state index in [1.807, 2.05) is 13.8 Å². The first kappa shape index (κ1) is 13.0. The van der Waals surface area contributed by atoms with Gasteiger partial charge in [0.15, 0.2) is 0 Å². The smallest absolute Gasteiger partial charge is 0.0320 e. The van der Waals surface area contributed by atoms with E-state index in [1.54, 1.807) is 0 Å². The van der Waals surface area contributed by atoms with Gasteiger partial charge in [0.25, 0.3) is 0 Å². The minimum Gasteiger partial charge on any atom is -0.0683 e. The number of hydrogen-bond acceptors (Lipinski definition) is 0. The molecule has 1 fully saturated rings. The lowest BCUT2D eigenvalue weighted by Gasteiger charge is -2.47. The summed E-state index contributed by atoms with van der Waals surface area (Å²) >= 11 is 0. The lowest BCUT2D eigenvalue weighted by molar-refractivity contribution is 0.0345. The summed E-state index contributed by atoms with van der Waals surface area (Å²) in [5.74, 6) is 1.95. The summed E-state index contributed by atoms with van der Waals surface area (Å²) in [6, 6.07) is 0. The van der Waals surface area contributed by atoms with Crippen molar-refractivity contribution in [3.8, 4) is 0 Å². The summed E-state index contributed by atoms with van der Waals surface area (Å²) in [7, 11) is 0. The van der Waals surface area contributed by atoms with Gasteiger partial charge in [0.05, 0.1) is 0 Å². The summed E-state index contributed by atoms with van der Waals surface area (Å²) in [4.78, 5) is 0. The van der Waals surface area contributed by atoms with Crippen molar-refractivity contribution in [2.24, 2.45) is 17.3 Å². The molecular formula is C13H28. The summed E-state index contributed by atoms with van der Waals surface area (Å²) in [6.45, 7) is 13.5. The van der Waals surface area contributed by atoms with Gasteiger partial charge in [-0.3, -0.25) is 0 Å². The van der Waals surface area contributed by atoms with E-state index < -0.39 is 0 Å². The molecule has 0 N–H and O–H groups in total. The van der Waals surface area contributed by atoms with Crippen LogP contribution in [0.4, 0.5) is 0 Å². The molecule has 1 aliphatic rings. The van der Waals surface area contributed by atoms with Crippen molar-refractivity contribution in [3.63, 3.8) is 0 Å². The summed E-state index contributed by atoms with van der Waals surface area (Å²) < 4.78 is 0. The zero-order chi connectivity index (χ0) is 10.5. The third-order valence-electron chi connectivity index (χ3n) is 3.31. The molecule has 80 valence electrons. The Morgan fingerprint density at radius 3 is 2.00 bits per heavy atom. The van der Waals surface area contributed by atoms with Crippen LogP contribution in [0.5, 0.6) is 0 Å². The van der Waals surface area contributed by atoms with Crippen molar-refractivity contribution in [3.05, 3.63) is 0 Å². The predicted molar refractivity (Wildman–Crippen MR) is 61.9 cm³/mol. The Kier molecular flexibility index (Phi) is 5.67. The lowest BCUT2D eigenvalue weighted by Crippen LogP contribution is -2.36. The first-order valence-electron chi connectivity index (χ1n) is 6.07. The molecule has 1 rings (SSSR count). The normalized spacial score (nSPS) is 32.1. The van der Waals surface area contributed by atoms with Crippen molar-refractivity contribution in [1.82, 2.24) is 0 Å². The van der Waals surface area contributed by atoms with Crippen LogP contribution in [-0.2, 0) is 0 Å². The van der Waals surface area contributed by atoms with Gasteiger partial charge in [0.2, 0.25) is 0 Å². The molecule has 0 heteroatoms. The Bertz CT molecular complexity index is 118. The molecule has 0 radical (unpaired) electrons. The van der Waals surface area contributed by atoms with Crippen molar-refractivity contribution in [2.45, 2.75) is 67.2 Å². The molecule has 0 aromatic rings. The monoisotopic (exact) mass is 184 g/mol. The maximum atomic E-state index is 2.45. The maximum absolute atomic E-state index is 2.45. The lowest BCUT2D eigenvalue weighted by atomic mass is 9.58. The van der Waals surface area contributed by atoms with Crippen LogP contribution in [0.1, 0.15) is 67.2 Å². The van der Waals surface area contributed by atoms with Crippen molar-refractivity contribution in [1.29, 1.82) is 0 Å². The molecule has 0 heterocycles. The second-order valence-electron chi connectivity index (χ2n) is 4.97. The molecular weight excluding hydrogens is 156 g/mol. The first-order valence-corrected chi connectivity index (χ1v) is 6.07. The van der Waals surface area contributed by atoms with E-state index in [4.69, 9.17) is 0 Å². The molecule has 0 nitrogen and oxygen atoms in total. The van der Waals surface area contributed by atoms with Crippen LogP contribution < -0.4 is 0 Å². The molecule has 0 saturated heterocycles. The Morgan fingerprint density at radius 1 is 1.23 bits per heavy atom. The van der Waals surface area contributed by atoms with Crippen LogP contribution in [0.25, 0.3) is 0 Å². The highest BCUT2D eigenvalue weighted by Crippen LogP contribution is 2.51. The highest BCUT2D eigenvalue weighted by Gasteiger charge is 2.40. The SMILES string of the molecule is CC.CCCC1(C)CC(C(C)C)C1. The second-order valence-corrected chi connectivity index (χ2v) is 4.97. The third kappa shape index (κ3) is 3.70. The molecule has 0 unspecified atom stereocenters. The largest absolute Gasteiger partial charge is 0.0683 e. The molecule has 1 aliphatic carbocycles. The van der Waals surface area contributed by atoms with E-state index in [9.17, 15) is 0 Å². The molecule has 0 aromatic heterocycles. The first-order chi connectivity index (χ1) is 6.07. The molecule has 0 aromatic carbocycles. The molecule has 0 atom stereocenters. The van der Waals surface area contributed by atoms with E-state index in [0.29, 0.717) is 0 Å². The fourth-order valence-corrected chi connectivity index (χ4v) is 2.49. The fourth-order valence-electron chi connectivity index (χ4n) is 2.49. The van der Waals surface area contributed by atoms with Crippen LogP contribution in [-0.4, -0.2) is 0 Å². The second kappa shape index (κ2) is 5.67. The quantitative estimate of drug-likeness (QED) is 0.586. The van der Waals surface area contributed by atoms with Crippen molar-refractivity contribution < 1.29 is 0 Å². The van der Waals surface area contributed by atoms with Gasteiger partial charge in [-0.1, -0.05) is 48.0 Å². The fraction of sp³-hybridized carbons (Fsp3) is 1.00. The summed E-state index contributed by atoms with van der Waals surface area (Å²) in [6.07, 6.45) is 5.77. The Balaban J connectivity index is 0.000000671. The molecule has 0 amide bonds. The third-order valence-corrected chi connectivity index (χ3v) is 3.31. The minimum atomic E-state index is 0.726. The van der Waals surface area contributed by atoms with Gasteiger partial charge in [-0.2, -0.15) is 0 Å². The summed E-state index contributed by atoms with van der Waals surface area (Å²) in [5.41, 5.74) is 0.726. The summed E-state index contributed by atoms with van der Waals surface area (Å²) in [5, 5.41) is 0. The van der Waals surface area contributed by atoms with Gasteiger partial charge in [0.1, 0.15) is 0 Å². The zero-order valence-electron chi connectivity index (χ0n) is 10.5. The van der Waals surface area contributed by atoms with E-state index in [2.05, 4.69) is 27.7 Å². The van der Waals surface area contributed by atoms with Gasteiger partial charge in [-0.25, -0.2) is 0 Å². The van der Waals surface area contributed by atoms with Crippen LogP contribution >= 0.6 is 0 Å². The Labute approximate surface area is 85.1 Å². The average molecular weight is 184 g/mol. The van der Waals surface area contributed by atoms with E-state index in [-0.39, 0.29) is 0 Å². The van der Waals surface area contributed by atoms with Gasteiger partial charge >= 0.3 is 0 Å². The van der Waals surface area contributed by atoms with E-state index in [0.717, 1.165) is 17.3 Å². The van der Waals surface area contributed by atoms with Crippen LogP contribution in [0, 0.1) is 17.3 Å². The van der Waals surface area contributed by atoms with Crippen molar-refractivity contribution >= 4 is 0 Å². The zero-order valence-corrected chi connectivity index (χ0v) is 10.5. The van der Waals surface area contributed by atoms with Gasteiger partial charge in [-0.15, -0.1) is 0 Å². The number of rotatable bonds is 3. The van der Waals surface area contributed by atoms with Crippen LogP contribution in [0.15, 0.2) is 0 Å². The standard InChI is InChI=1S/C11H22.C2H6/c1-5-6-11(4)7-10(8-11)9(2)3;1-2/h9-10H,5-8H2,1-4H3;1-2H3. The maximum Gasteiger partial charge on any atom is -0.0320 e. The Hall–Kier alpha value is 0. The molecule has 13 heavy (non-hydrogen) atoms. The van der Waals surface area contributed by atoms with Crippen LogP contribution in [0.3, 0.4) is 0 Å². The molecule has 1 saturated carbocycles. The Morgan fingerprint density at radius 2 is 1.69 bits per heavy atom. The topological polar surface area (TPSA) is 0 Å². The predicted octanol–water partition coefficient (Wildman–Crippen LogP) is 4.89.